The third-order valence-electron chi connectivity index (χ3n) is 8.18. The molecule has 1 amide bonds. The van der Waals surface area contributed by atoms with E-state index in [1.165, 1.54) is 0 Å². The number of carbonyl (C=O) groups is 1. The van der Waals surface area contributed by atoms with E-state index in [2.05, 4.69) is 19.8 Å². The second-order valence-electron chi connectivity index (χ2n) is 11.7. The molecule has 1 aliphatic rings. The quantitative estimate of drug-likeness (QED) is 0.123. The maximum Gasteiger partial charge on any atom is 0.219 e. The van der Waals surface area contributed by atoms with E-state index in [0.29, 0.717) is 88.9 Å². The number of primary amides is 1. The van der Waals surface area contributed by atoms with Gasteiger partial charge in [-0.25, -0.2) is 19.3 Å². The molecule has 4 aromatic rings. The van der Waals surface area contributed by atoms with Crippen molar-refractivity contribution in [3.63, 3.8) is 0 Å². The monoisotopic (exact) mass is 694 g/mol. The minimum absolute atomic E-state index is 0.214. The van der Waals surface area contributed by atoms with Gasteiger partial charge in [0.15, 0.2) is 5.65 Å². The van der Waals surface area contributed by atoms with E-state index in [0.717, 1.165) is 55.3 Å². The number of fused-ring (bicyclic) bond motifs is 1. The van der Waals surface area contributed by atoms with E-state index in [9.17, 15) is 4.79 Å². The Labute approximate surface area is 291 Å². The molecule has 3 aromatic heterocycles. The number of imidazole rings is 1. The first kappa shape index (κ1) is 37.0. The third-order valence-corrected chi connectivity index (χ3v) is 8.18. The summed E-state index contributed by atoms with van der Waals surface area (Å²) in [6.07, 6.45) is 1.86. The Bertz CT molecular complexity index is 1670. The van der Waals surface area contributed by atoms with Gasteiger partial charge in [-0.15, -0.1) is 0 Å². The van der Waals surface area contributed by atoms with Gasteiger partial charge in [0.05, 0.1) is 83.1 Å². The second-order valence-corrected chi connectivity index (χ2v) is 11.7. The van der Waals surface area contributed by atoms with Crippen LogP contribution in [0.2, 0.25) is 0 Å². The largest absolute Gasteiger partial charge is 0.384 e. The van der Waals surface area contributed by atoms with Crippen molar-refractivity contribution in [3.05, 3.63) is 60.3 Å². The van der Waals surface area contributed by atoms with Crippen LogP contribution in [0.1, 0.15) is 12.2 Å². The number of pyridine rings is 2. The highest BCUT2D eigenvalue weighted by Crippen LogP contribution is 2.28. The molecule has 0 bridgehead atoms. The number of halogens is 1. The Morgan fingerprint density at radius 3 is 2.06 bits per heavy atom. The molecular formula is C35H47FN8O6. The van der Waals surface area contributed by atoms with E-state index in [1.807, 2.05) is 41.8 Å². The standard InChI is InChI=1S/C35H47FN8O6/c1-26-40-31-4-3-30(27-6-8-39-33(37)24-27)41-35(31)44(26)28-2-5-32(29(36)25-28)43-11-9-42(10-12-43)13-15-47-17-19-49-21-23-50-22-20-48-18-16-46-14-7-34(38)45/h2-6,8,24-25H,7,9-23H2,1H3,(H2,37,39)(H2,38,45). The van der Waals surface area contributed by atoms with Crippen LogP contribution in [0.4, 0.5) is 15.9 Å². The molecule has 1 fully saturated rings. The minimum atomic E-state index is -0.378. The van der Waals surface area contributed by atoms with Crippen LogP contribution in [0.5, 0.6) is 0 Å². The average molecular weight is 695 g/mol. The maximum atomic E-state index is 15.6. The van der Waals surface area contributed by atoms with Gasteiger partial charge in [-0.1, -0.05) is 0 Å². The average Bonchev–Trinajstić information content (AvgIpc) is 3.44. The fraction of sp³-hybridized carbons (Fsp3) is 0.486. The number of benzene rings is 1. The first-order valence-electron chi connectivity index (χ1n) is 16.9. The summed E-state index contributed by atoms with van der Waals surface area (Å²) in [7, 11) is 0. The molecule has 5 rings (SSSR count). The molecule has 0 atom stereocenters. The van der Waals surface area contributed by atoms with Crippen molar-refractivity contribution in [1.82, 2.24) is 24.4 Å². The Morgan fingerprint density at radius 1 is 0.800 bits per heavy atom. The molecule has 0 spiro atoms. The van der Waals surface area contributed by atoms with E-state index in [-0.39, 0.29) is 18.1 Å². The molecule has 4 heterocycles. The predicted molar refractivity (Wildman–Crippen MR) is 188 cm³/mol. The summed E-state index contributed by atoms with van der Waals surface area (Å²) < 4.78 is 44.9. The van der Waals surface area contributed by atoms with Crippen molar-refractivity contribution in [3.8, 4) is 16.9 Å². The summed E-state index contributed by atoms with van der Waals surface area (Å²) in [6, 6.07) is 12.8. The van der Waals surface area contributed by atoms with Gasteiger partial charge in [0.25, 0.3) is 0 Å². The Kier molecular flexibility index (Phi) is 14.2. The third kappa shape index (κ3) is 10.9. The number of anilines is 2. The summed E-state index contributed by atoms with van der Waals surface area (Å²) in [5.74, 6) is 0.481. The molecule has 0 saturated carbocycles. The van der Waals surface area contributed by atoms with Crippen LogP contribution in [0.25, 0.3) is 28.1 Å². The number of ether oxygens (including phenoxy) is 5. The number of rotatable bonds is 21. The predicted octanol–water partition coefficient (Wildman–Crippen LogP) is 2.59. The van der Waals surface area contributed by atoms with Crippen LogP contribution in [-0.2, 0) is 28.5 Å². The molecule has 0 aliphatic carbocycles. The van der Waals surface area contributed by atoms with Crippen LogP contribution in [-0.4, -0.2) is 129 Å². The van der Waals surface area contributed by atoms with Gasteiger partial charge in [0, 0.05) is 57.0 Å². The molecule has 50 heavy (non-hydrogen) atoms. The molecule has 1 saturated heterocycles. The minimum Gasteiger partial charge on any atom is -0.384 e. The fourth-order valence-electron chi connectivity index (χ4n) is 5.60. The molecule has 4 N–H and O–H groups in total. The topological polar surface area (TPSA) is 165 Å². The molecule has 0 radical (unpaired) electrons. The maximum absolute atomic E-state index is 15.6. The van der Waals surface area contributed by atoms with Crippen molar-refractivity contribution >= 4 is 28.6 Å². The van der Waals surface area contributed by atoms with Crippen molar-refractivity contribution in [2.45, 2.75) is 13.3 Å². The van der Waals surface area contributed by atoms with Gasteiger partial charge in [-0.3, -0.25) is 14.3 Å². The van der Waals surface area contributed by atoms with E-state index < -0.39 is 0 Å². The van der Waals surface area contributed by atoms with Gasteiger partial charge in [-0.05, 0) is 43.3 Å². The number of nitrogens with zero attached hydrogens (tertiary/aromatic N) is 6. The molecule has 14 nitrogen and oxygen atoms in total. The van der Waals surface area contributed by atoms with Gasteiger partial charge >= 0.3 is 0 Å². The normalized spacial score (nSPS) is 13.8. The molecular weight excluding hydrogens is 647 g/mol. The van der Waals surface area contributed by atoms with Crippen LogP contribution < -0.4 is 16.4 Å². The first-order valence-corrected chi connectivity index (χ1v) is 16.9. The van der Waals surface area contributed by atoms with Crippen LogP contribution in [0.15, 0.2) is 48.7 Å². The summed E-state index contributed by atoms with van der Waals surface area (Å²) >= 11 is 0. The smallest absolute Gasteiger partial charge is 0.219 e. The van der Waals surface area contributed by atoms with Crippen molar-refractivity contribution < 1.29 is 32.9 Å². The highest BCUT2D eigenvalue weighted by molar-refractivity contribution is 5.78. The number of aryl methyl sites for hydroxylation is 1. The lowest BCUT2D eigenvalue weighted by Crippen LogP contribution is -2.47. The lowest BCUT2D eigenvalue weighted by molar-refractivity contribution is -0.119. The Balaban J connectivity index is 0.962. The number of carbonyl (C=O) groups excluding carboxylic acids is 1. The van der Waals surface area contributed by atoms with Gasteiger partial charge in [0.2, 0.25) is 5.91 Å². The van der Waals surface area contributed by atoms with Crippen molar-refractivity contribution in [2.24, 2.45) is 5.73 Å². The fourth-order valence-corrected chi connectivity index (χ4v) is 5.60. The lowest BCUT2D eigenvalue weighted by Gasteiger charge is -2.36. The molecule has 1 aliphatic heterocycles. The Hall–Kier alpha value is -4.25. The van der Waals surface area contributed by atoms with Crippen molar-refractivity contribution in [1.29, 1.82) is 0 Å². The number of amides is 1. The zero-order valence-corrected chi connectivity index (χ0v) is 28.6. The Morgan fingerprint density at radius 2 is 1.44 bits per heavy atom. The van der Waals surface area contributed by atoms with Gasteiger partial charge < -0.3 is 40.1 Å². The molecule has 15 heteroatoms. The van der Waals surface area contributed by atoms with E-state index in [4.69, 9.17) is 40.1 Å². The molecule has 1 aromatic carbocycles. The SMILES string of the molecule is Cc1nc2ccc(-c3ccnc(N)c3)nc2n1-c1ccc(N2CCN(CCOCCOCCOCCOCCOCCC(N)=O)CC2)c(F)c1. The van der Waals surface area contributed by atoms with E-state index >= 15 is 4.39 Å². The number of nitrogens with two attached hydrogens (primary N) is 2. The van der Waals surface area contributed by atoms with Crippen LogP contribution in [0, 0.1) is 12.7 Å². The number of hydrogen-bond acceptors (Lipinski definition) is 12. The van der Waals surface area contributed by atoms with Crippen LogP contribution >= 0.6 is 0 Å². The number of hydrogen-bond donors (Lipinski definition) is 2. The second kappa shape index (κ2) is 19.2. The first-order chi connectivity index (χ1) is 24.4. The van der Waals surface area contributed by atoms with Gasteiger partial charge in [-0.2, -0.15) is 0 Å². The zero-order chi connectivity index (χ0) is 35.1. The zero-order valence-electron chi connectivity index (χ0n) is 28.6. The highest BCUT2D eigenvalue weighted by atomic mass is 19.1. The van der Waals surface area contributed by atoms with E-state index in [1.54, 1.807) is 18.3 Å². The molecule has 0 unspecified atom stereocenters. The summed E-state index contributed by atoms with van der Waals surface area (Å²) in [6.45, 7) is 10.5. The number of aromatic nitrogens is 4. The van der Waals surface area contributed by atoms with Crippen LogP contribution in [0.3, 0.4) is 0 Å². The summed E-state index contributed by atoms with van der Waals surface area (Å²) in [5.41, 5.74) is 15.1. The summed E-state index contributed by atoms with van der Waals surface area (Å²) in [5, 5.41) is 0. The van der Waals surface area contributed by atoms with Crippen molar-refractivity contribution in [2.75, 3.05) is 109 Å². The van der Waals surface area contributed by atoms with Gasteiger partial charge in [0.1, 0.15) is 23.0 Å². The molecule has 270 valence electrons. The summed E-state index contributed by atoms with van der Waals surface area (Å²) in [4.78, 5) is 28.6. The number of piperazine rings is 1. The number of nitrogen functional groups attached to an aromatic ring is 1. The lowest BCUT2D eigenvalue weighted by atomic mass is 10.1. The highest BCUT2D eigenvalue weighted by Gasteiger charge is 2.21.